The van der Waals surface area contributed by atoms with Gasteiger partial charge in [0.2, 0.25) is 11.8 Å². The standard InChI is InChI=1S/C20H27ClN2O3/c21-18-6-3-16(4-7-18)14-20(25)23-9-1-2-17(15-23)5-8-19(24)22-10-12-26-13-11-22/h3-4,6-7,17H,1-2,5,8-15H2. The normalized spacial score (nSPS) is 20.9. The number of nitrogens with zero attached hydrogens (tertiary/aromatic N) is 2. The van der Waals surface area contributed by atoms with E-state index in [1.54, 1.807) is 0 Å². The van der Waals surface area contributed by atoms with Crippen LogP contribution in [0, 0.1) is 5.92 Å². The van der Waals surface area contributed by atoms with E-state index in [4.69, 9.17) is 16.3 Å². The van der Waals surface area contributed by atoms with Crippen molar-refractivity contribution in [2.45, 2.75) is 32.1 Å². The number of carbonyl (C=O) groups is 2. The number of benzene rings is 1. The van der Waals surface area contributed by atoms with Crippen molar-refractivity contribution in [3.8, 4) is 0 Å². The van der Waals surface area contributed by atoms with Crippen molar-refractivity contribution in [2.75, 3.05) is 39.4 Å². The third kappa shape index (κ3) is 5.45. The molecule has 1 atom stereocenters. The molecule has 2 saturated heterocycles. The highest BCUT2D eigenvalue weighted by Crippen LogP contribution is 2.22. The largest absolute Gasteiger partial charge is 0.378 e. The fourth-order valence-electron chi connectivity index (χ4n) is 3.71. The third-order valence-electron chi connectivity index (χ3n) is 5.27. The van der Waals surface area contributed by atoms with Crippen LogP contribution in [0.5, 0.6) is 0 Å². The zero-order valence-electron chi connectivity index (χ0n) is 15.2. The number of piperidine rings is 1. The van der Waals surface area contributed by atoms with Crippen LogP contribution in [-0.4, -0.2) is 61.0 Å². The highest BCUT2D eigenvalue weighted by molar-refractivity contribution is 6.30. The Morgan fingerprint density at radius 3 is 2.50 bits per heavy atom. The molecule has 2 fully saturated rings. The number of hydrogen-bond donors (Lipinski definition) is 0. The first-order valence-corrected chi connectivity index (χ1v) is 9.87. The van der Waals surface area contributed by atoms with Gasteiger partial charge >= 0.3 is 0 Å². The van der Waals surface area contributed by atoms with Crippen LogP contribution in [0.3, 0.4) is 0 Å². The monoisotopic (exact) mass is 378 g/mol. The van der Waals surface area contributed by atoms with Crippen LogP contribution in [0.2, 0.25) is 5.02 Å². The maximum Gasteiger partial charge on any atom is 0.226 e. The number of halogens is 1. The summed E-state index contributed by atoms with van der Waals surface area (Å²) in [5, 5.41) is 0.684. The molecule has 2 heterocycles. The minimum absolute atomic E-state index is 0.163. The number of morpholine rings is 1. The molecule has 0 N–H and O–H groups in total. The Bertz CT molecular complexity index is 614. The summed E-state index contributed by atoms with van der Waals surface area (Å²) in [7, 11) is 0. The fraction of sp³-hybridized carbons (Fsp3) is 0.600. The molecule has 3 rings (SSSR count). The van der Waals surface area contributed by atoms with Gasteiger partial charge in [0, 0.05) is 37.6 Å². The van der Waals surface area contributed by atoms with Gasteiger partial charge in [0.1, 0.15) is 0 Å². The average Bonchev–Trinajstić information content (AvgIpc) is 2.69. The molecule has 0 spiro atoms. The Hall–Kier alpha value is -1.59. The molecule has 1 aromatic carbocycles. The van der Waals surface area contributed by atoms with Crippen molar-refractivity contribution < 1.29 is 14.3 Å². The Kier molecular flexibility index (Phi) is 6.92. The van der Waals surface area contributed by atoms with E-state index in [0.717, 1.165) is 37.9 Å². The molecule has 6 heteroatoms. The van der Waals surface area contributed by atoms with Crippen molar-refractivity contribution in [3.63, 3.8) is 0 Å². The molecular formula is C20H27ClN2O3. The molecule has 0 saturated carbocycles. The third-order valence-corrected chi connectivity index (χ3v) is 5.52. The van der Waals surface area contributed by atoms with Gasteiger partial charge in [-0.25, -0.2) is 0 Å². The van der Waals surface area contributed by atoms with Crippen LogP contribution < -0.4 is 0 Å². The summed E-state index contributed by atoms with van der Waals surface area (Å²) in [6.07, 6.45) is 3.96. The molecule has 1 aromatic rings. The number of hydrogen-bond acceptors (Lipinski definition) is 3. The summed E-state index contributed by atoms with van der Waals surface area (Å²) in [5.41, 5.74) is 0.990. The van der Waals surface area contributed by atoms with Gasteiger partial charge in [0.25, 0.3) is 0 Å². The molecule has 1 unspecified atom stereocenters. The topological polar surface area (TPSA) is 49.9 Å². The van der Waals surface area contributed by atoms with Gasteiger partial charge in [0.15, 0.2) is 0 Å². The van der Waals surface area contributed by atoms with Crippen LogP contribution in [0.15, 0.2) is 24.3 Å². The molecule has 0 aromatic heterocycles. The van der Waals surface area contributed by atoms with E-state index in [-0.39, 0.29) is 11.8 Å². The van der Waals surface area contributed by atoms with Crippen LogP contribution in [0.4, 0.5) is 0 Å². The van der Waals surface area contributed by atoms with Crippen molar-refractivity contribution >= 4 is 23.4 Å². The quantitative estimate of drug-likeness (QED) is 0.791. The molecule has 0 radical (unpaired) electrons. The number of carbonyl (C=O) groups excluding carboxylic acids is 2. The molecule has 142 valence electrons. The first-order chi connectivity index (χ1) is 12.6. The minimum atomic E-state index is 0.163. The Morgan fingerprint density at radius 1 is 1.04 bits per heavy atom. The number of ether oxygens (including phenoxy) is 1. The van der Waals surface area contributed by atoms with Crippen LogP contribution >= 0.6 is 11.6 Å². The van der Waals surface area contributed by atoms with Gasteiger partial charge < -0.3 is 14.5 Å². The van der Waals surface area contributed by atoms with Crippen molar-refractivity contribution in [1.29, 1.82) is 0 Å². The predicted molar refractivity (Wildman–Crippen MR) is 101 cm³/mol. The smallest absolute Gasteiger partial charge is 0.226 e. The average molecular weight is 379 g/mol. The van der Waals surface area contributed by atoms with E-state index in [1.165, 1.54) is 0 Å². The van der Waals surface area contributed by atoms with Gasteiger partial charge in [0.05, 0.1) is 19.6 Å². The van der Waals surface area contributed by atoms with Crippen molar-refractivity contribution in [3.05, 3.63) is 34.9 Å². The summed E-state index contributed by atoms with van der Waals surface area (Å²) in [4.78, 5) is 28.8. The van der Waals surface area contributed by atoms with Crippen molar-refractivity contribution in [1.82, 2.24) is 9.80 Å². The van der Waals surface area contributed by atoms with E-state index in [1.807, 2.05) is 34.1 Å². The number of likely N-dealkylation sites (tertiary alicyclic amines) is 1. The SMILES string of the molecule is O=C(CCC1CCCN(C(=O)Cc2ccc(Cl)cc2)C1)N1CCOCC1. The molecular weight excluding hydrogens is 352 g/mol. The lowest BCUT2D eigenvalue weighted by atomic mass is 9.92. The molecule has 2 aliphatic heterocycles. The summed E-state index contributed by atoms with van der Waals surface area (Å²) in [6, 6.07) is 7.45. The van der Waals surface area contributed by atoms with Crippen LogP contribution in [0.25, 0.3) is 0 Å². The van der Waals surface area contributed by atoms with Crippen molar-refractivity contribution in [2.24, 2.45) is 5.92 Å². The van der Waals surface area contributed by atoms with E-state index >= 15 is 0 Å². The Labute approximate surface area is 160 Å². The summed E-state index contributed by atoms with van der Waals surface area (Å²) < 4.78 is 5.29. The summed E-state index contributed by atoms with van der Waals surface area (Å²) in [5.74, 6) is 0.803. The lowest BCUT2D eigenvalue weighted by molar-refractivity contribution is -0.135. The molecule has 0 aliphatic carbocycles. The lowest BCUT2D eigenvalue weighted by Crippen LogP contribution is -2.42. The number of amides is 2. The van der Waals surface area contributed by atoms with E-state index < -0.39 is 0 Å². The molecule has 26 heavy (non-hydrogen) atoms. The molecule has 2 amide bonds. The molecule has 0 bridgehead atoms. The maximum absolute atomic E-state index is 12.6. The summed E-state index contributed by atoms with van der Waals surface area (Å²) >= 11 is 5.90. The second kappa shape index (κ2) is 9.38. The van der Waals surface area contributed by atoms with E-state index in [9.17, 15) is 9.59 Å². The highest BCUT2D eigenvalue weighted by Gasteiger charge is 2.25. The molecule has 5 nitrogen and oxygen atoms in total. The van der Waals surface area contributed by atoms with Gasteiger partial charge in [-0.1, -0.05) is 23.7 Å². The molecule has 2 aliphatic rings. The van der Waals surface area contributed by atoms with Gasteiger partial charge in [-0.05, 0) is 42.9 Å². The number of rotatable bonds is 5. The lowest BCUT2D eigenvalue weighted by Gasteiger charge is -2.33. The van der Waals surface area contributed by atoms with Gasteiger partial charge in [-0.2, -0.15) is 0 Å². The first kappa shape index (κ1) is 19.2. The zero-order chi connectivity index (χ0) is 18.4. The van der Waals surface area contributed by atoms with Gasteiger partial charge in [-0.15, -0.1) is 0 Å². The minimum Gasteiger partial charge on any atom is -0.378 e. The van der Waals surface area contributed by atoms with Crippen LogP contribution in [-0.2, 0) is 20.7 Å². The van der Waals surface area contributed by atoms with E-state index in [2.05, 4.69) is 0 Å². The second-order valence-electron chi connectivity index (χ2n) is 7.18. The first-order valence-electron chi connectivity index (χ1n) is 9.49. The fourth-order valence-corrected chi connectivity index (χ4v) is 3.84. The Balaban J connectivity index is 1.45. The van der Waals surface area contributed by atoms with Crippen LogP contribution in [0.1, 0.15) is 31.2 Å². The maximum atomic E-state index is 12.6. The van der Waals surface area contributed by atoms with E-state index in [0.29, 0.717) is 50.1 Å². The highest BCUT2D eigenvalue weighted by atomic mass is 35.5. The van der Waals surface area contributed by atoms with Gasteiger partial charge in [-0.3, -0.25) is 9.59 Å². The summed E-state index contributed by atoms with van der Waals surface area (Å²) in [6.45, 7) is 4.28. The second-order valence-corrected chi connectivity index (χ2v) is 7.62. The zero-order valence-corrected chi connectivity index (χ0v) is 15.9. The predicted octanol–water partition coefficient (Wildman–Crippen LogP) is 2.76. The Morgan fingerprint density at radius 2 is 1.77 bits per heavy atom.